The zero-order valence-electron chi connectivity index (χ0n) is 10.4. The topological polar surface area (TPSA) is 29.5 Å². The standard InChI is InChI=1S/C14H22O2S/c15-14(5-2-1-3-6-14)12-4-8-16-13(10-12)7-9-17-11-13/h2,5,12,15H,1,3-4,6-11H2. The van der Waals surface area contributed by atoms with E-state index in [1.54, 1.807) is 0 Å². The molecule has 3 rings (SSSR count). The van der Waals surface area contributed by atoms with Crippen molar-refractivity contribution in [1.82, 2.24) is 0 Å². The van der Waals surface area contributed by atoms with E-state index < -0.39 is 5.60 Å². The SMILES string of the molecule is OC1(C2CCOC3(CCSC3)C2)C=CCCC1. The highest BCUT2D eigenvalue weighted by molar-refractivity contribution is 7.99. The van der Waals surface area contributed by atoms with E-state index in [2.05, 4.69) is 12.2 Å². The highest BCUT2D eigenvalue weighted by Crippen LogP contribution is 2.45. The average Bonchev–Trinajstić information content (AvgIpc) is 2.78. The highest BCUT2D eigenvalue weighted by Gasteiger charge is 2.46. The van der Waals surface area contributed by atoms with Crippen molar-refractivity contribution in [3.8, 4) is 0 Å². The van der Waals surface area contributed by atoms with Crippen molar-refractivity contribution in [1.29, 1.82) is 0 Å². The minimum atomic E-state index is -0.539. The molecule has 2 saturated heterocycles. The first-order valence-corrected chi connectivity index (χ1v) is 8.00. The number of ether oxygens (including phenoxy) is 1. The summed E-state index contributed by atoms with van der Waals surface area (Å²) in [6, 6.07) is 0. The number of rotatable bonds is 1. The monoisotopic (exact) mass is 254 g/mol. The molecule has 0 radical (unpaired) electrons. The van der Waals surface area contributed by atoms with Crippen LogP contribution >= 0.6 is 11.8 Å². The second-order valence-electron chi connectivity index (χ2n) is 5.81. The van der Waals surface area contributed by atoms with Gasteiger partial charge < -0.3 is 9.84 Å². The molecule has 1 spiro atoms. The first-order chi connectivity index (χ1) is 8.23. The minimum absolute atomic E-state index is 0.0919. The Morgan fingerprint density at radius 2 is 2.29 bits per heavy atom. The molecule has 3 atom stereocenters. The molecule has 17 heavy (non-hydrogen) atoms. The average molecular weight is 254 g/mol. The molecule has 1 N–H and O–H groups in total. The Balaban J connectivity index is 1.74. The van der Waals surface area contributed by atoms with Crippen LogP contribution in [0.2, 0.25) is 0 Å². The van der Waals surface area contributed by atoms with Crippen LogP contribution in [0, 0.1) is 5.92 Å². The van der Waals surface area contributed by atoms with E-state index in [1.165, 1.54) is 12.2 Å². The van der Waals surface area contributed by atoms with Crippen molar-refractivity contribution in [2.75, 3.05) is 18.1 Å². The summed E-state index contributed by atoms with van der Waals surface area (Å²) in [5.41, 5.74) is -0.448. The van der Waals surface area contributed by atoms with Crippen molar-refractivity contribution in [2.24, 2.45) is 5.92 Å². The fourth-order valence-corrected chi connectivity index (χ4v) is 4.91. The van der Waals surface area contributed by atoms with Crippen LogP contribution in [-0.4, -0.2) is 34.4 Å². The van der Waals surface area contributed by atoms with Crippen molar-refractivity contribution < 1.29 is 9.84 Å². The van der Waals surface area contributed by atoms with Crippen LogP contribution in [-0.2, 0) is 4.74 Å². The van der Waals surface area contributed by atoms with E-state index >= 15 is 0 Å². The molecule has 3 heteroatoms. The van der Waals surface area contributed by atoms with Gasteiger partial charge in [0.25, 0.3) is 0 Å². The lowest BCUT2D eigenvalue weighted by atomic mass is 9.72. The quantitative estimate of drug-likeness (QED) is 0.730. The smallest absolute Gasteiger partial charge is 0.0857 e. The third kappa shape index (κ3) is 2.29. The van der Waals surface area contributed by atoms with E-state index in [-0.39, 0.29) is 5.60 Å². The summed E-state index contributed by atoms with van der Waals surface area (Å²) in [5.74, 6) is 2.76. The molecule has 0 amide bonds. The van der Waals surface area contributed by atoms with Crippen LogP contribution in [0.4, 0.5) is 0 Å². The summed E-state index contributed by atoms with van der Waals surface area (Å²) >= 11 is 2.00. The molecule has 3 unspecified atom stereocenters. The molecule has 2 nitrogen and oxygen atoms in total. The lowest BCUT2D eigenvalue weighted by molar-refractivity contribution is -0.121. The lowest BCUT2D eigenvalue weighted by Crippen LogP contribution is -2.48. The zero-order chi connectivity index (χ0) is 11.8. The predicted molar refractivity (Wildman–Crippen MR) is 71.3 cm³/mol. The molecule has 3 aliphatic rings. The van der Waals surface area contributed by atoms with Gasteiger partial charge in [0, 0.05) is 12.4 Å². The summed E-state index contributed by atoms with van der Waals surface area (Å²) in [5, 5.41) is 10.8. The Labute approximate surface area is 108 Å². The maximum atomic E-state index is 10.8. The molecule has 0 aromatic rings. The fourth-order valence-electron chi connectivity index (χ4n) is 3.53. The second-order valence-corrected chi connectivity index (χ2v) is 6.91. The second kappa shape index (κ2) is 4.60. The van der Waals surface area contributed by atoms with E-state index in [0.717, 1.165) is 44.5 Å². The summed E-state index contributed by atoms with van der Waals surface area (Å²) in [6.45, 7) is 0.835. The Morgan fingerprint density at radius 1 is 1.35 bits per heavy atom. The largest absolute Gasteiger partial charge is 0.386 e. The van der Waals surface area contributed by atoms with E-state index in [9.17, 15) is 5.11 Å². The maximum absolute atomic E-state index is 10.8. The molecule has 0 bridgehead atoms. The molecule has 2 fully saturated rings. The number of hydrogen-bond acceptors (Lipinski definition) is 3. The van der Waals surface area contributed by atoms with Crippen molar-refractivity contribution >= 4 is 11.8 Å². The molecule has 96 valence electrons. The van der Waals surface area contributed by atoms with Gasteiger partial charge in [0.2, 0.25) is 0 Å². The third-order valence-corrected chi connectivity index (χ3v) is 5.84. The van der Waals surface area contributed by atoms with Crippen LogP contribution < -0.4 is 0 Å². The van der Waals surface area contributed by atoms with Gasteiger partial charge in [-0.2, -0.15) is 11.8 Å². The van der Waals surface area contributed by atoms with E-state index in [4.69, 9.17) is 4.74 Å². The third-order valence-electron chi connectivity index (χ3n) is 4.62. The van der Waals surface area contributed by atoms with Crippen LogP contribution in [0.25, 0.3) is 0 Å². The van der Waals surface area contributed by atoms with Gasteiger partial charge in [-0.25, -0.2) is 0 Å². The van der Waals surface area contributed by atoms with Crippen LogP contribution in [0.1, 0.15) is 38.5 Å². The minimum Gasteiger partial charge on any atom is -0.386 e. The van der Waals surface area contributed by atoms with Gasteiger partial charge in [-0.3, -0.25) is 0 Å². The summed E-state index contributed by atoms with van der Waals surface area (Å²) in [7, 11) is 0. The molecule has 0 aromatic carbocycles. The molecule has 0 aromatic heterocycles. The van der Waals surface area contributed by atoms with Gasteiger partial charge in [-0.1, -0.05) is 12.2 Å². The highest BCUT2D eigenvalue weighted by atomic mass is 32.2. The first-order valence-electron chi connectivity index (χ1n) is 6.84. The Hall–Kier alpha value is 0.01000. The number of hydrogen-bond donors (Lipinski definition) is 1. The van der Waals surface area contributed by atoms with Crippen molar-refractivity contribution in [3.63, 3.8) is 0 Å². The van der Waals surface area contributed by atoms with Crippen molar-refractivity contribution in [2.45, 2.75) is 49.7 Å². The van der Waals surface area contributed by atoms with E-state index in [0.29, 0.717) is 5.92 Å². The van der Waals surface area contributed by atoms with Crippen LogP contribution in [0.5, 0.6) is 0 Å². The van der Waals surface area contributed by atoms with Gasteiger partial charge in [-0.15, -0.1) is 0 Å². The van der Waals surface area contributed by atoms with Gasteiger partial charge in [0.05, 0.1) is 11.2 Å². The Kier molecular flexibility index (Phi) is 3.26. The molecular weight excluding hydrogens is 232 g/mol. The zero-order valence-corrected chi connectivity index (χ0v) is 11.2. The molecule has 2 heterocycles. The van der Waals surface area contributed by atoms with E-state index in [1.807, 2.05) is 11.8 Å². The number of thioether (sulfide) groups is 1. The maximum Gasteiger partial charge on any atom is 0.0857 e. The molecule has 2 aliphatic heterocycles. The normalized spacial score (nSPS) is 46.5. The van der Waals surface area contributed by atoms with Gasteiger partial charge in [0.1, 0.15) is 0 Å². The summed E-state index contributed by atoms with van der Waals surface area (Å²) < 4.78 is 6.04. The first kappa shape index (κ1) is 12.1. The molecular formula is C14H22O2S. The number of aliphatic hydroxyl groups is 1. The van der Waals surface area contributed by atoms with Crippen LogP contribution in [0.15, 0.2) is 12.2 Å². The fraction of sp³-hybridized carbons (Fsp3) is 0.857. The van der Waals surface area contributed by atoms with Crippen LogP contribution in [0.3, 0.4) is 0 Å². The Bertz CT molecular complexity index is 309. The Morgan fingerprint density at radius 3 is 3.00 bits per heavy atom. The number of allylic oxidation sites excluding steroid dienone is 1. The summed E-state index contributed by atoms with van der Waals surface area (Å²) in [6.07, 6.45) is 10.7. The van der Waals surface area contributed by atoms with Gasteiger partial charge in [0.15, 0.2) is 0 Å². The predicted octanol–water partition coefficient (Wildman–Crippen LogP) is 2.76. The molecule has 0 saturated carbocycles. The lowest BCUT2D eigenvalue weighted by Gasteiger charge is -2.44. The van der Waals surface area contributed by atoms with Gasteiger partial charge >= 0.3 is 0 Å². The van der Waals surface area contributed by atoms with Crippen molar-refractivity contribution in [3.05, 3.63) is 12.2 Å². The van der Waals surface area contributed by atoms with Gasteiger partial charge in [-0.05, 0) is 50.2 Å². The summed E-state index contributed by atoms with van der Waals surface area (Å²) in [4.78, 5) is 0. The molecule has 1 aliphatic carbocycles.